The van der Waals surface area contributed by atoms with Crippen LogP contribution in [0.2, 0.25) is 5.02 Å². The number of hydrogen-bond donors (Lipinski definition) is 2. The Balaban J connectivity index is 2.01. The van der Waals surface area contributed by atoms with Crippen LogP contribution in [0.1, 0.15) is 23.8 Å². The Morgan fingerprint density at radius 2 is 2.09 bits per heavy atom. The minimum absolute atomic E-state index is 0.194. The molecule has 2 aromatic heterocycles. The standard InChI is InChI=1S/C13H17ClN6O2/c1-3-19-8-10(12(18-19)13(22)15-2)17-11(21)4-5-20-7-9(14)6-16-20/h6-8H,3-5H2,1-2H3,(H,15,22)(H,17,21). The van der Waals surface area contributed by atoms with Crippen LogP contribution in [0.3, 0.4) is 0 Å². The first kappa shape index (κ1) is 16.0. The van der Waals surface area contributed by atoms with Crippen molar-refractivity contribution in [3.05, 3.63) is 29.3 Å². The van der Waals surface area contributed by atoms with Gasteiger partial charge < -0.3 is 10.6 Å². The number of nitrogens with one attached hydrogen (secondary N) is 2. The maximum absolute atomic E-state index is 12.0. The molecule has 8 nitrogen and oxygen atoms in total. The van der Waals surface area contributed by atoms with Gasteiger partial charge in [-0.05, 0) is 6.92 Å². The van der Waals surface area contributed by atoms with E-state index in [0.717, 1.165) is 0 Å². The Kier molecular flexibility index (Phi) is 5.16. The van der Waals surface area contributed by atoms with Gasteiger partial charge in [-0.3, -0.25) is 19.0 Å². The van der Waals surface area contributed by atoms with Crippen LogP contribution >= 0.6 is 11.6 Å². The van der Waals surface area contributed by atoms with Crippen LogP contribution < -0.4 is 10.6 Å². The molecule has 0 atom stereocenters. The largest absolute Gasteiger partial charge is 0.354 e. The van der Waals surface area contributed by atoms with Gasteiger partial charge in [0.05, 0.1) is 16.9 Å². The van der Waals surface area contributed by atoms with E-state index in [2.05, 4.69) is 20.8 Å². The van der Waals surface area contributed by atoms with Gasteiger partial charge in [-0.1, -0.05) is 11.6 Å². The molecule has 0 bridgehead atoms. The van der Waals surface area contributed by atoms with E-state index in [9.17, 15) is 9.59 Å². The van der Waals surface area contributed by atoms with Crippen LogP contribution in [0.5, 0.6) is 0 Å². The van der Waals surface area contributed by atoms with Crippen LogP contribution in [0, 0.1) is 0 Å². The van der Waals surface area contributed by atoms with Gasteiger partial charge in [0.1, 0.15) is 0 Å². The highest BCUT2D eigenvalue weighted by Gasteiger charge is 2.17. The summed E-state index contributed by atoms with van der Waals surface area (Å²) in [5.74, 6) is -0.575. The van der Waals surface area contributed by atoms with Crippen molar-refractivity contribution >= 4 is 29.1 Å². The zero-order valence-corrected chi connectivity index (χ0v) is 13.1. The number of halogens is 1. The molecule has 0 aliphatic rings. The van der Waals surface area contributed by atoms with E-state index in [0.29, 0.717) is 23.8 Å². The van der Waals surface area contributed by atoms with Crippen molar-refractivity contribution in [1.82, 2.24) is 24.9 Å². The highest BCUT2D eigenvalue weighted by Crippen LogP contribution is 2.14. The molecule has 0 radical (unpaired) electrons. The average Bonchev–Trinajstić information content (AvgIpc) is 3.10. The molecule has 0 saturated carbocycles. The molecule has 0 saturated heterocycles. The Labute approximate surface area is 132 Å². The molecular weight excluding hydrogens is 308 g/mol. The Hall–Kier alpha value is -2.35. The fourth-order valence-corrected chi connectivity index (χ4v) is 2.01. The molecular formula is C13H17ClN6O2. The monoisotopic (exact) mass is 324 g/mol. The number of nitrogens with zero attached hydrogens (tertiary/aromatic N) is 4. The number of carbonyl (C=O) groups excluding carboxylic acids is 2. The molecule has 2 aromatic rings. The van der Waals surface area contributed by atoms with Crippen LogP contribution in [-0.2, 0) is 17.9 Å². The van der Waals surface area contributed by atoms with Gasteiger partial charge in [0, 0.05) is 39.0 Å². The van der Waals surface area contributed by atoms with Crippen molar-refractivity contribution in [2.45, 2.75) is 26.4 Å². The quantitative estimate of drug-likeness (QED) is 0.833. The van der Waals surface area contributed by atoms with Gasteiger partial charge in [0.15, 0.2) is 5.69 Å². The molecule has 2 N–H and O–H groups in total. The third kappa shape index (κ3) is 3.85. The second-order valence-electron chi connectivity index (χ2n) is 4.55. The average molecular weight is 325 g/mol. The first-order chi connectivity index (χ1) is 10.5. The first-order valence-corrected chi connectivity index (χ1v) is 7.18. The number of carbonyl (C=O) groups is 2. The fourth-order valence-electron chi connectivity index (χ4n) is 1.85. The van der Waals surface area contributed by atoms with Crippen LogP contribution in [-0.4, -0.2) is 38.4 Å². The number of amides is 2. The summed E-state index contributed by atoms with van der Waals surface area (Å²) in [6.45, 7) is 2.90. The zero-order valence-electron chi connectivity index (χ0n) is 12.3. The van der Waals surface area contributed by atoms with E-state index in [4.69, 9.17) is 11.6 Å². The maximum Gasteiger partial charge on any atom is 0.273 e. The van der Waals surface area contributed by atoms with Crippen molar-refractivity contribution in [3.63, 3.8) is 0 Å². The number of anilines is 1. The molecule has 0 fully saturated rings. The summed E-state index contributed by atoms with van der Waals surface area (Å²) in [7, 11) is 1.51. The molecule has 0 spiro atoms. The van der Waals surface area contributed by atoms with E-state index in [1.807, 2.05) is 6.92 Å². The van der Waals surface area contributed by atoms with Gasteiger partial charge in [0.2, 0.25) is 5.91 Å². The Morgan fingerprint density at radius 3 is 2.68 bits per heavy atom. The van der Waals surface area contributed by atoms with E-state index in [1.54, 1.807) is 21.8 Å². The molecule has 22 heavy (non-hydrogen) atoms. The van der Waals surface area contributed by atoms with Crippen molar-refractivity contribution < 1.29 is 9.59 Å². The fraction of sp³-hybridized carbons (Fsp3) is 0.385. The first-order valence-electron chi connectivity index (χ1n) is 6.80. The third-order valence-corrected chi connectivity index (χ3v) is 3.17. The summed E-state index contributed by atoms with van der Waals surface area (Å²) in [4.78, 5) is 23.8. The van der Waals surface area contributed by atoms with E-state index >= 15 is 0 Å². The molecule has 0 aliphatic carbocycles. The summed E-state index contributed by atoms with van der Waals surface area (Å²) in [6.07, 6.45) is 4.99. The van der Waals surface area contributed by atoms with Gasteiger partial charge in [0.25, 0.3) is 5.91 Å². The highest BCUT2D eigenvalue weighted by molar-refractivity contribution is 6.30. The zero-order chi connectivity index (χ0) is 16.1. The predicted octanol–water partition coefficient (Wildman–Crippen LogP) is 1.14. The smallest absolute Gasteiger partial charge is 0.273 e. The van der Waals surface area contributed by atoms with Crippen LogP contribution in [0.25, 0.3) is 0 Å². The summed E-state index contributed by atoms with van der Waals surface area (Å²) in [5, 5.41) is 13.8. The number of aryl methyl sites for hydroxylation is 2. The van der Waals surface area contributed by atoms with E-state index in [-0.39, 0.29) is 23.9 Å². The lowest BCUT2D eigenvalue weighted by molar-refractivity contribution is -0.116. The Morgan fingerprint density at radius 1 is 1.32 bits per heavy atom. The molecule has 118 valence electrons. The van der Waals surface area contributed by atoms with E-state index < -0.39 is 0 Å². The number of rotatable bonds is 6. The normalized spacial score (nSPS) is 10.5. The molecule has 0 aliphatic heterocycles. The molecule has 2 heterocycles. The number of hydrogen-bond acceptors (Lipinski definition) is 4. The SMILES string of the molecule is CCn1cc(NC(=O)CCn2cc(Cl)cn2)c(C(=O)NC)n1. The minimum atomic E-state index is -0.346. The molecule has 2 rings (SSSR count). The number of aromatic nitrogens is 4. The van der Waals surface area contributed by atoms with Crippen LogP contribution in [0.4, 0.5) is 5.69 Å². The lowest BCUT2D eigenvalue weighted by Gasteiger charge is -2.05. The Bertz CT molecular complexity index is 678. The third-order valence-electron chi connectivity index (χ3n) is 2.97. The summed E-state index contributed by atoms with van der Waals surface area (Å²) in [5.41, 5.74) is 0.588. The predicted molar refractivity (Wildman–Crippen MR) is 81.8 cm³/mol. The van der Waals surface area contributed by atoms with E-state index in [1.165, 1.54) is 13.2 Å². The highest BCUT2D eigenvalue weighted by atomic mass is 35.5. The van der Waals surface area contributed by atoms with Crippen molar-refractivity contribution in [1.29, 1.82) is 0 Å². The molecule has 2 amide bonds. The summed E-state index contributed by atoms with van der Waals surface area (Å²) >= 11 is 5.76. The topological polar surface area (TPSA) is 93.8 Å². The van der Waals surface area contributed by atoms with Gasteiger partial charge in [-0.2, -0.15) is 10.2 Å². The van der Waals surface area contributed by atoms with Crippen LogP contribution in [0.15, 0.2) is 18.6 Å². The van der Waals surface area contributed by atoms with Gasteiger partial charge in [-0.15, -0.1) is 0 Å². The maximum atomic E-state index is 12.0. The van der Waals surface area contributed by atoms with Gasteiger partial charge >= 0.3 is 0 Å². The molecule has 0 aromatic carbocycles. The van der Waals surface area contributed by atoms with Crippen molar-refractivity contribution in [2.75, 3.05) is 12.4 Å². The second-order valence-corrected chi connectivity index (χ2v) is 4.98. The summed E-state index contributed by atoms with van der Waals surface area (Å²) in [6, 6.07) is 0. The van der Waals surface area contributed by atoms with Gasteiger partial charge in [-0.25, -0.2) is 0 Å². The lowest BCUT2D eigenvalue weighted by Crippen LogP contribution is -2.22. The summed E-state index contributed by atoms with van der Waals surface area (Å²) < 4.78 is 3.17. The molecule has 0 unspecified atom stereocenters. The second kappa shape index (κ2) is 7.08. The minimum Gasteiger partial charge on any atom is -0.354 e. The van der Waals surface area contributed by atoms with Crippen molar-refractivity contribution in [2.24, 2.45) is 0 Å². The molecule has 9 heteroatoms. The lowest BCUT2D eigenvalue weighted by atomic mass is 10.3. The van der Waals surface area contributed by atoms with Crippen molar-refractivity contribution in [3.8, 4) is 0 Å².